The van der Waals surface area contributed by atoms with Gasteiger partial charge in [0, 0.05) is 28.2 Å². The Kier molecular flexibility index (Phi) is 3.59. The molecule has 2 unspecified atom stereocenters. The Balaban J connectivity index is 1.62. The predicted molar refractivity (Wildman–Crippen MR) is 76.0 cm³/mol. The van der Waals surface area contributed by atoms with E-state index in [1.54, 1.807) is 0 Å². The summed E-state index contributed by atoms with van der Waals surface area (Å²) in [5, 5.41) is 0. The minimum Gasteiger partial charge on any atom is -0.324 e. The zero-order valence-corrected chi connectivity index (χ0v) is 15.0. The molecule has 0 aromatic rings. The van der Waals surface area contributed by atoms with Crippen molar-refractivity contribution in [1.82, 2.24) is 17.2 Å². The number of hydrogen-bond acceptors (Lipinski definition) is 8. The SMILES string of the molecule is CN1[C@@H]2OC3O[C@H]4[C@H](OC3O[C@H]2N(C)S1(=O)=O)N(C)S(=O)(=O)N4C. The van der Waals surface area contributed by atoms with E-state index in [0.717, 1.165) is 17.2 Å². The second kappa shape index (κ2) is 5.06. The van der Waals surface area contributed by atoms with Crippen LogP contribution >= 0.6 is 0 Å². The zero-order valence-electron chi connectivity index (χ0n) is 13.3. The molecule has 4 rings (SSSR count). The van der Waals surface area contributed by atoms with Crippen LogP contribution in [0.5, 0.6) is 0 Å². The molecule has 4 fully saturated rings. The molecule has 4 aliphatic heterocycles. The van der Waals surface area contributed by atoms with E-state index in [1.165, 1.54) is 28.2 Å². The van der Waals surface area contributed by atoms with Gasteiger partial charge in [-0.05, 0) is 0 Å². The molecule has 4 aliphatic rings. The average Bonchev–Trinajstić information content (AvgIpc) is 2.80. The van der Waals surface area contributed by atoms with Crippen LogP contribution in [0.25, 0.3) is 0 Å². The maximum Gasteiger partial charge on any atom is 0.286 e. The third kappa shape index (κ3) is 2.00. The topological polar surface area (TPSA) is 118 Å². The summed E-state index contributed by atoms with van der Waals surface area (Å²) in [4.78, 5) is 0. The molecule has 4 saturated heterocycles. The summed E-state index contributed by atoms with van der Waals surface area (Å²) < 4.78 is 75.5. The first-order valence-electron chi connectivity index (χ1n) is 7.10. The first-order chi connectivity index (χ1) is 11.1. The van der Waals surface area contributed by atoms with E-state index >= 15 is 0 Å². The van der Waals surface area contributed by atoms with E-state index in [-0.39, 0.29) is 0 Å². The van der Waals surface area contributed by atoms with E-state index in [4.69, 9.17) is 18.9 Å². The molecule has 6 atom stereocenters. The van der Waals surface area contributed by atoms with Crippen LogP contribution < -0.4 is 0 Å². The van der Waals surface area contributed by atoms with Gasteiger partial charge in [0.25, 0.3) is 20.4 Å². The first-order valence-corrected chi connectivity index (χ1v) is 9.90. The third-order valence-electron chi connectivity index (χ3n) is 4.69. The fourth-order valence-corrected chi connectivity index (χ4v) is 5.61. The molecule has 138 valence electrons. The van der Waals surface area contributed by atoms with E-state index < -0.39 is 57.9 Å². The van der Waals surface area contributed by atoms with Crippen LogP contribution in [-0.4, -0.2) is 99.7 Å². The molecule has 0 aliphatic carbocycles. The lowest BCUT2D eigenvalue weighted by atomic mass is 10.3. The molecule has 0 N–H and O–H groups in total. The lowest BCUT2D eigenvalue weighted by Crippen LogP contribution is -2.62. The number of rotatable bonds is 0. The minimum absolute atomic E-state index is 0.914. The van der Waals surface area contributed by atoms with Gasteiger partial charge in [-0.3, -0.25) is 0 Å². The van der Waals surface area contributed by atoms with Crippen LogP contribution in [0.1, 0.15) is 0 Å². The van der Waals surface area contributed by atoms with Gasteiger partial charge in [-0.1, -0.05) is 0 Å². The second-order valence-electron chi connectivity index (χ2n) is 5.92. The number of fused-ring (bicyclic) bond motifs is 3. The smallest absolute Gasteiger partial charge is 0.286 e. The van der Waals surface area contributed by atoms with Crippen LogP contribution in [0.4, 0.5) is 0 Å². The van der Waals surface area contributed by atoms with Crippen LogP contribution in [0.3, 0.4) is 0 Å². The predicted octanol–water partition coefficient (Wildman–Crippen LogP) is -2.72. The van der Waals surface area contributed by atoms with Crippen molar-refractivity contribution in [3.63, 3.8) is 0 Å². The summed E-state index contributed by atoms with van der Waals surface area (Å²) in [5.41, 5.74) is 0. The lowest BCUT2D eigenvalue weighted by molar-refractivity contribution is -0.438. The Labute approximate surface area is 139 Å². The van der Waals surface area contributed by atoms with Crippen molar-refractivity contribution >= 4 is 20.4 Å². The summed E-state index contributed by atoms with van der Waals surface area (Å²) in [6.07, 6.45) is -5.77. The Hall–Kier alpha value is -0.420. The van der Waals surface area contributed by atoms with E-state index in [1.807, 2.05) is 0 Å². The van der Waals surface area contributed by atoms with Crippen LogP contribution in [-0.2, 0) is 39.4 Å². The molecule has 12 nitrogen and oxygen atoms in total. The van der Waals surface area contributed by atoms with E-state index in [0.29, 0.717) is 0 Å². The molecular weight excluding hydrogens is 368 g/mol. The number of nitrogens with zero attached hydrogens (tertiary/aromatic N) is 4. The fourth-order valence-electron chi connectivity index (χ4n) is 3.13. The van der Waals surface area contributed by atoms with Gasteiger partial charge in [0.05, 0.1) is 0 Å². The van der Waals surface area contributed by atoms with Gasteiger partial charge < -0.3 is 18.9 Å². The van der Waals surface area contributed by atoms with Gasteiger partial charge >= 0.3 is 0 Å². The van der Waals surface area contributed by atoms with Crippen molar-refractivity contribution < 1.29 is 35.8 Å². The normalized spacial score (nSPS) is 48.8. The molecule has 0 spiro atoms. The second-order valence-corrected chi connectivity index (χ2v) is 10.0. The molecule has 0 saturated carbocycles. The highest BCUT2D eigenvalue weighted by atomic mass is 32.2. The summed E-state index contributed by atoms with van der Waals surface area (Å²) in [6.45, 7) is 0. The number of hydrogen-bond donors (Lipinski definition) is 0. The highest BCUT2D eigenvalue weighted by Crippen LogP contribution is 2.40. The van der Waals surface area contributed by atoms with Gasteiger partial charge in [-0.2, -0.15) is 34.1 Å². The standard InChI is InChI=1S/C10H18N4O8S2/c1-11-5-6(12(2)23(11,15)16)20-10-9(19-5)21-7-8(22-10)14(4)24(17,18)13(7)3/h5-10H,1-4H3/t5-,6-,7+,8+,9?,10?. The summed E-state index contributed by atoms with van der Waals surface area (Å²) in [7, 11) is -1.93. The molecule has 4 heterocycles. The Morgan fingerprint density at radius 3 is 0.958 bits per heavy atom. The van der Waals surface area contributed by atoms with Gasteiger partial charge in [0.15, 0.2) is 24.9 Å². The number of ether oxygens (including phenoxy) is 4. The quantitative estimate of drug-likeness (QED) is 0.441. The van der Waals surface area contributed by atoms with Gasteiger partial charge in [0.2, 0.25) is 12.6 Å². The van der Waals surface area contributed by atoms with Crippen molar-refractivity contribution in [2.24, 2.45) is 0 Å². The maximum absolute atomic E-state index is 12.2. The highest BCUT2D eigenvalue weighted by molar-refractivity contribution is 7.87. The molecule has 0 aromatic carbocycles. The molecule has 0 bridgehead atoms. The van der Waals surface area contributed by atoms with Gasteiger partial charge in [-0.15, -0.1) is 0 Å². The Morgan fingerprint density at radius 2 is 0.750 bits per heavy atom. The van der Waals surface area contributed by atoms with Crippen molar-refractivity contribution in [3.05, 3.63) is 0 Å². The van der Waals surface area contributed by atoms with E-state index in [9.17, 15) is 16.8 Å². The van der Waals surface area contributed by atoms with Crippen molar-refractivity contribution in [1.29, 1.82) is 0 Å². The molecule has 0 aromatic heterocycles. The van der Waals surface area contributed by atoms with Crippen molar-refractivity contribution in [3.8, 4) is 0 Å². The van der Waals surface area contributed by atoms with Crippen LogP contribution in [0.15, 0.2) is 0 Å². The number of likely N-dealkylation sites (N-methyl/N-ethyl adjacent to an activating group) is 4. The maximum atomic E-state index is 12.2. The van der Waals surface area contributed by atoms with Crippen molar-refractivity contribution in [2.45, 2.75) is 37.5 Å². The molecule has 0 radical (unpaired) electrons. The monoisotopic (exact) mass is 386 g/mol. The average molecular weight is 386 g/mol. The third-order valence-corrected chi connectivity index (χ3v) is 8.44. The largest absolute Gasteiger partial charge is 0.324 e. The zero-order chi connectivity index (χ0) is 17.6. The van der Waals surface area contributed by atoms with Gasteiger partial charge in [0.1, 0.15) is 0 Å². The molecule has 0 amide bonds. The first kappa shape index (κ1) is 17.0. The Morgan fingerprint density at radius 1 is 0.542 bits per heavy atom. The molecular formula is C10H18N4O8S2. The van der Waals surface area contributed by atoms with Crippen molar-refractivity contribution in [2.75, 3.05) is 28.2 Å². The highest BCUT2D eigenvalue weighted by Gasteiger charge is 2.61. The lowest BCUT2D eigenvalue weighted by Gasteiger charge is -2.45. The van der Waals surface area contributed by atoms with Crippen LogP contribution in [0.2, 0.25) is 0 Å². The Bertz CT molecular complexity index is 647. The van der Waals surface area contributed by atoms with E-state index in [2.05, 4.69) is 0 Å². The van der Waals surface area contributed by atoms with Crippen LogP contribution in [0, 0.1) is 0 Å². The summed E-state index contributed by atoms with van der Waals surface area (Å²) in [5.74, 6) is 0. The van der Waals surface area contributed by atoms with Gasteiger partial charge in [-0.25, -0.2) is 0 Å². The summed E-state index contributed by atoms with van der Waals surface area (Å²) >= 11 is 0. The fraction of sp³-hybridized carbons (Fsp3) is 1.00. The summed E-state index contributed by atoms with van der Waals surface area (Å²) in [6, 6.07) is 0. The molecule has 14 heteroatoms. The molecule has 24 heavy (non-hydrogen) atoms. The minimum atomic E-state index is -3.70.